The fourth-order valence-electron chi connectivity index (χ4n) is 4.13. The monoisotopic (exact) mass is 561 g/mol. The highest BCUT2D eigenvalue weighted by Gasteiger charge is 2.14. The number of methoxy groups -OCH3 is 2. The van der Waals surface area contributed by atoms with Crippen molar-refractivity contribution in [3.63, 3.8) is 0 Å². The summed E-state index contributed by atoms with van der Waals surface area (Å²) >= 11 is 1.44. The van der Waals surface area contributed by atoms with Crippen LogP contribution in [0, 0.1) is 0 Å². The van der Waals surface area contributed by atoms with Crippen LogP contribution >= 0.6 is 11.8 Å². The summed E-state index contributed by atoms with van der Waals surface area (Å²) in [5.41, 5.74) is 2.53. The molecule has 2 N–H and O–H groups in total. The molecule has 1 heterocycles. The SMILES string of the molecule is CCOC(=O)c1ccc(NC(=O)CSc2cn(CCNC(=O)c3ccc(OC)c(OC)c3)c3ccccc23)cc1. The van der Waals surface area contributed by atoms with Gasteiger partial charge in [-0.05, 0) is 55.5 Å². The smallest absolute Gasteiger partial charge is 0.338 e. The highest BCUT2D eigenvalue weighted by atomic mass is 32.2. The molecule has 0 atom stereocenters. The van der Waals surface area contributed by atoms with E-state index in [-0.39, 0.29) is 17.6 Å². The van der Waals surface area contributed by atoms with Gasteiger partial charge in [0.05, 0.1) is 32.1 Å². The van der Waals surface area contributed by atoms with Gasteiger partial charge in [-0.1, -0.05) is 18.2 Å². The van der Waals surface area contributed by atoms with Crippen molar-refractivity contribution in [1.82, 2.24) is 9.88 Å². The molecule has 208 valence electrons. The molecule has 40 heavy (non-hydrogen) atoms. The van der Waals surface area contributed by atoms with Gasteiger partial charge in [-0.3, -0.25) is 9.59 Å². The van der Waals surface area contributed by atoms with E-state index in [2.05, 4.69) is 15.2 Å². The Morgan fingerprint density at radius 3 is 2.35 bits per heavy atom. The highest BCUT2D eigenvalue weighted by Crippen LogP contribution is 2.30. The average Bonchev–Trinajstić information content (AvgIpc) is 3.33. The number of anilines is 1. The number of para-hydroxylation sites is 1. The number of nitrogens with one attached hydrogen (secondary N) is 2. The lowest BCUT2D eigenvalue weighted by Gasteiger charge is -2.10. The molecule has 0 aliphatic heterocycles. The molecule has 0 radical (unpaired) electrons. The van der Waals surface area contributed by atoms with Gasteiger partial charge in [0, 0.05) is 46.3 Å². The zero-order valence-electron chi connectivity index (χ0n) is 22.6. The summed E-state index contributed by atoms with van der Waals surface area (Å²) in [6.07, 6.45) is 2.00. The molecular formula is C30H31N3O6S. The van der Waals surface area contributed by atoms with Gasteiger partial charge in [0.15, 0.2) is 11.5 Å². The third-order valence-corrected chi connectivity index (χ3v) is 7.12. The lowest BCUT2D eigenvalue weighted by Crippen LogP contribution is -2.27. The average molecular weight is 562 g/mol. The van der Waals surface area contributed by atoms with Crippen molar-refractivity contribution < 1.29 is 28.6 Å². The van der Waals surface area contributed by atoms with Crippen LogP contribution in [0.5, 0.6) is 11.5 Å². The first kappa shape index (κ1) is 28.6. The molecule has 0 aliphatic carbocycles. The first-order valence-electron chi connectivity index (χ1n) is 12.7. The number of thioether (sulfide) groups is 1. The van der Waals surface area contributed by atoms with Gasteiger partial charge < -0.3 is 29.4 Å². The number of benzene rings is 3. The molecule has 1 aromatic heterocycles. The Bertz CT molecular complexity index is 1500. The summed E-state index contributed by atoms with van der Waals surface area (Å²) in [6.45, 7) is 3.03. The second-order valence-electron chi connectivity index (χ2n) is 8.66. The maximum absolute atomic E-state index is 12.7. The summed E-state index contributed by atoms with van der Waals surface area (Å²) in [5, 5.41) is 6.84. The van der Waals surface area contributed by atoms with E-state index in [9.17, 15) is 14.4 Å². The first-order chi connectivity index (χ1) is 19.4. The lowest BCUT2D eigenvalue weighted by atomic mass is 10.2. The van der Waals surface area contributed by atoms with Crippen molar-refractivity contribution in [2.45, 2.75) is 18.4 Å². The summed E-state index contributed by atoms with van der Waals surface area (Å²) < 4.78 is 17.6. The van der Waals surface area contributed by atoms with Crippen molar-refractivity contribution in [3.05, 3.63) is 84.1 Å². The van der Waals surface area contributed by atoms with Crippen molar-refractivity contribution in [3.8, 4) is 11.5 Å². The quantitative estimate of drug-likeness (QED) is 0.185. The van der Waals surface area contributed by atoms with E-state index >= 15 is 0 Å². The summed E-state index contributed by atoms with van der Waals surface area (Å²) in [6, 6.07) is 19.6. The van der Waals surface area contributed by atoms with Gasteiger partial charge in [-0.2, -0.15) is 0 Å². The van der Waals surface area contributed by atoms with Crippen LogP contribution in [0.15, 0.2) is 77.8 Å². The number of hydrogen-bond acceptors (Lipinski definition) is 7. The normalized spacial score (nSPS) is 10.7. The van der Waals surface area contributed by atoms with E-state index in [4.69, 9.17) is 14.2 Å². The number of fused-ring (bicyclic) bond motifs is 1. The maximum atomic E-state index is 12.7. The van der Waals surface area contributed by atoms with E-state index < -0.39 is 5.97 Å². The standard InChI is InChI=1S/C30H31N3O6S/c1-4-39-30(36)20-9-12-22(13-10-20)32-28(34)19-40-27-18-33(24-8-6-5-7-23(24)27)16-15-31-29(35)21-11-14-25(37-2)26(17-21)38-3/h5-14,17-18H,4,15-16,19H2,1-3H3,(H,31,35)(H,32,34). The molecule has 0 bridgehead atoms. The number of aromatic nitrogens is 1. The minimum absolute atomic E-state index is 0.159. The molecule has 2 amide bonds. The Labute approximate surface area is 236 Å². The molecule has 0 unspecified atom stereocenters. The number of ether oxygens (including phenoxy) is 3. The van der Waals surface area contributed by atoms with Crippen molar-refractivity contribution in [1.29, 1.82) is 0 Å². The third-order valence-electron chi connectivity index (χ3n) is 6.07. The van der Waals surface area contributed by atoms with E-state index in [1.807, 2.05) is 30.5 Å². The lowest BCUT2D eigenvalue weighted by molar-refractivity contribution is -0.113. The van der Waals surface area contributed by atoms with Gasteiger partial charge in [-0.25, -0.2) is 4.79 Å². The molecule has 0 spiro atoms. The summed E-state index contributed by atoms with van der Waals surface area (Å²) in [5.74, 6) is 0.498. The summed E-state index contributed by atoms with van der Waals surface area (Å²) in [4.78, 5) is 38.1. The van der Waals surface area contributed by atoms with Crippen LogP contribution in [-0.4, -0.2) is 55.5 Å². The highest BCUT2D eigenvalue weighted by molar-refractivity contribution is 8.00. The second-order valence-corrected chi connectivity index (χ2v) is 9.68. The number of carbonyl (C=O) groups is 3. The minimum atomic E-state index is -0.396. The molecule has 3 aromatic carbocycles. The van der Waals surface area contributed by atoms with Crippen LogP contribution in [0.2, 0.25) is 0 Å². The Morgan fingerprint density at radius 1 is 0.900 bits per heavy atom. The summed E-state index contributed by atoms with van der Waals surface area (Å²) in [7, 11) is 3.08. The Morgan fingerprint density at radius 2 is 1.62 bits per heavy atom. The van der Waals surface area contributed by atoms with E-state index in [0.717, 1.165) is 15.8 Å². The molecule has 9 nitrogen and oxygen atoms in total. The third kappa shape index (κ3) is 6.95. The van der Waals surface area contributed by atoms with E-state index in [1.54, 1.807) is 56.5 Å². The number of nitrogens with zero attached hydrogens (tertiary/aromatic N) is 1. The van der Waals surface area contributed by atoms with Crippen molar-refractivity contribution in [2.24, 2.45) is 0 Å². The van der Waals surface area contributed by atoms with Crippen LogP contribution in [0.1, 0.15) is 27.6 Å². The molecule has 10 heteroatoms. The molecule has 4 aromatic rings. The second kappa shape index (κ2) is 13.6. The predicted octanol–water partition coefficient (Wildman–Crippen LogP) is 5.00. The van der Waals surface area contributed by atoms with E-state index in [0.29, 0.717) is 48.0 Å². The Hall–Kier alpha value is -4.44. The van der Waals surface area contributed by atoms with Crippen LogP contribution in [-0.2, 0) is 16.1 Å². The number of hydrogen-bond donors (Lipinski definition) is 2. The van der Waals surface area contributed by atoms with Gasteiger partial charge in [-0.15, -0.1) is 11.8 Å². The number of esters is 1. The number of carbonyl (C=O) groups excluding carboxylic acids is 3. The zero-order valence-corrected chi connectivity index (χ0v) is 23.4. The van der Waals surface area contributed by atoms with Crippen LogP contribution < -0.4 is 20.1 Å². The van der Waals surface area contributed by atoms with Crippen LogP contribution in [0.3, 0.4) is 0 Å². The molecule has 4 rings (SSSR count). The largest absolute Gasteiger partial charge is 0.493 e. The van der Waals surface area contributed by atoms with Crippen LogP contribution in [0.4, 0.5) is 5.69 Å². The van der Waals surface area contributed by atoms with Gasteiger partial charge >= 0.3 is 5.97 Å². The fourth-order valence-corrected chi connectivity index (χ4v) is 5.02. The van der Waals surface area contributed by atoms with Crippen molar-refractivity contribution >= 4 is 46.1 Å². The molecule has 0 saturated carbocycles. The zero-order chi connectivity index (χ0) is 28.5. The van der Waals surface area contributed by atoms with E-state index in [1.165, 1.54) is 18.9 Å². The van der Waals surface area contributed by atoms with Gasteiger partial charge in [0.2, 0.25) is 5.91 Å². The fraction of sp³-hybridized carbons (Fsp3) is 0.233. The molecule has 0 aliphatic rings. The molecule has 0 fully saturated rings. The number of rotatable bonds is 12. The Balaban J connectivity index is 1.35. The minimum Gasteiger partial charge on any atom is -0.493 e. The first-order valence-corrected chi connectivity index (χ1v) is 13.7. The van der Waals surface area contributed by atoms with Crippen LogP contribution in [0.25, 0.3) is 10.9 Å². The maximum Gasteiger partial charge on any atom is 0.338 e. The topological polar surface area (TPSA) is 108 Å². The Kier molecular flexibility index (Phi) is 9.69. The van der Waals surface area contributed by atoms with Gasteiger partial charge in [0.1, 0.15) is 0 Å². The molecular weight excluding hydrogens is 530 g/mol. The number of amides is 2. The van der Waals surface area contributed by atoms with Gasteiger partial charge in [0.25, 0.3) is 5.91 Å². The predicted molar refractivity (Wildman–Crippen MR) is 156 cm³/mol. The molecule has 0 saturated heterocycles. The van der Waals surface area contributed by atoms with Crippen molar-refractivity contribution in [2.75, 3.05) is 38.4 Å².